The minimum atomic E-state index is -4.48. The van der Waals surface area contributed by atoms with Gasteiger partial charge in [-0.1, -0.05) is 11.6 Å². The largest absolute Gasteiger partial charge is 0.417 e. The smallest absolute Gasteiger partial charge is 0.385 e. The van der Waals surface area contributed by atoms with Crippen LogP contribution in [0, 0.1) is 0 Å². The monoisotopic (exact) mass is 308 g/mol. The average Bonchev–Trinajstić information content (AvgIpc) is 2.34. The highest BCUT2D eigenvalue weighted by molar-refractivity contribution is 6.31. The van der Waals surface area contributed by atoms with E-state index in [9.17, 15) is 18.0 Å². The second-order valence-electron chi connectivity index (χ2n) is 4.51. The van der Waals surface area contributed by atoms with E-state index < -0.39 is 11.7 Å². The Morgan fingerprint density at radius 3 is 2.55 bits per heavy atom. The van der Waals surface area contributed by atoms with Gasteiger partial charge in [0.25, 0.3) is 0 Å². The Morgan fingerprint density at radius 1 is 1.35 bits per heavy atom. The molecular formula is C13H16ClF3N2O. The van der Waals surface area contributed by atoms with Gasteiger partial charge in [-0.3, -0.25) is 4.79 Å². The Kier molecular flexibility index (Phi) is 5.68. The van der Waals surface area contributed by atoms with Crippen LogP contribution in [0.2, 0.25) is 5.02 Å². The lowest BCUT2D eigenvalue weighted by molar-refractivity contribution is -0.137. The average molecular weight is 309 g/mol. The number of amides is 1. The summed E-state index contributed by atoms with van der Waals surface area (Å²) in [5.41, 5.74) is -0.535. The normalized spacial score (nSPS) is 11.3. The predicted molar refractivity (Wildman–Crippen MR) is 72.9 cm³/mol. The molecule has 0 spiro atoms. The molecule has 0 saturated heterocycles. The van der Waals surface area contributed by atoms with Crippen molar-refractivity contribution in [3.63, 3.8) is 0 Å². The lowest BCUT2D eigenvalue weighted by atomic mass is 10.2. The van der Waals surface area contributed by atoms with Crippen LogP contribution in [-0.2, 0) is 11.0 Å². The lowest BCUT2D eigenvalue weighted by Crippen LogP contribution is -2.22. The van der Waals surface area contributed by atoms with Crippen LogP contribution in [0.1, 0.15) is 18.4 Å². The molecule has 0 radical (unpaired) electrons. The Labute approximate surface area is 120 Å². The van der Waals surface area contributed by atoms with Crippen LogP contribution in [0.15, 0.2) is 18.2 Å². The summed E-state index contributed by atoms with van der Waals surface area (Å²) < 4.78 is 37.9. The van der Waals surface area contributed by atoms with Crippen LogP contribution in [0.25, 0.3) is 0 Å². The van der Waals surface area contributed by atoms with Crippen molar-refractivity contribution in [1.82, 2.24) is 4.90 Å². The van der Waals surface area contributed by atoms with Crippen LogP contribution in [0.5, 0.6) is 0 Å². The number of benzene rings is 1. The molecular weight excluding hydrogens is 293 g/mol. The number of halogens is 4. The van der Waals surface area contributed by atoms with Gasteiger partial charge in [-0.15, -0.1) is 0 Å². The van der Waals surface area contributed by atoms with Crippen molar-refractivity contribution in [2.45, 2.75) is 19.0 Å². The van der Waals surface area contributed by atoms with Gasteiger partial charge in [0, 0.05) is 32.7 Å². The third-order valence-corrected chi connectivity index (χ3v) is 3.00. The van der Waals surface area contributed by atoms with Gasteiger partial charge >= 0.3 is 6.18 Å². The SMILES string of the molecule is CN(C)C(=O)CCCNc1ccc(Cl)c(C(F)(F)F)c1. The molecule has 0 atom stereocenters. The third kappa shape index (κ3) is 4.92. The number of nitrogens with zero attached hydrogens (tertiary/aromatic N) is 1. The van der Waals surface area contributed by atoms with E-state index in [1.54, 1.807) is 14.1 Å². The van der Waals surface area contributed by atoms with E-state index >= 15 is 0 Å². The maximum absolute atomic E-state index is 12.6. The number of rotatable bonds is 5. The summed E-state index contributed by atoms with van der Waals surface area (Å²) in [6.07, 6.45) is -3.59. The van der Waals surface area contributed by atoms with E-state index in [-0.39, 0.29) is 10.9 Å². The number of carbonyl (C=O) groups is 1. The second kappa shape index (κ2) is 6.83. The van der Waals surface area contributed by atoms with Crippen molar-refractivity contribution in [2.24, 2.45) is 0 Å². The molecule has 0 aliphatic heterocycles. The maximum atomic E-state index is 12.6. The van der Waals surface area contributed by atoms with E-state index in [4.69, 9.17) is 11.6 Å². The van der Waals surface area contributed by atoms with Gasteiger partial charge in [-0.2, -0.15) is 13.2 Å². The van der Waals surface area contributed by atoms with Gasteiger partial charge in [0.1, 0.15) is 0 Å². The lowest BCUT2D eigenvalue weighted by Gasteiger charge is -2.13. The number of carbonyl (C=O) groups excluding carboxylic acids is 1. The molecule has 0 fully saturated rings. The second-order valence-corrected chi connectivity index (χ2v) is 4.92. The Hall–Kier alpha value is -1.43. The van der Waals surface area contributed by atoms with Gasteiger partial charge in [0.05, 0.1) is 10.6 Å². The zero-order valence-corrected chi connectivity index (χ0v) is 12.0. The summed E-state index contributed by atoms with van der Waals surface area (Å²) in [7, 11) is 3.31. The fourth-order valence-electron chi connectivity index (χ4n) is 1.55. The molecule has 0 aromatic heterocycles. The van der Waals surface area contributed by atoms with Crippen molar-refractivity contribution in [3.05, 3.63) is 28.8 Å². The van der Waals surface area contributed by atoms with E-state index in [1.807, 2.05) is 0 Å². The van der Waals surface area contributed by atoms with Gasteiger partial charge in [-0.05, 0) is 24.6 Å². The first-order chi connectivity index (χ1) is 9.21. The highest BCUT2D eigenvalue weighted by Crippen LogP contribution is 2.36. The summed E-state index contributed by atoms with van der Waals surface area (Å²) in [5, 5.41) is 2.52. The number of alkyl halides is 3. The zero-order valence-electron chi connectivity index (χ0n) is 11.2. The van der Waals surface area contributed by atoms with E-state index in [0.717, 1.165) is 6.07 Å². The van der Waals surface area contributed by atoms with Gasteiger partial charge < -0.3 is 10.2 Å². The minimum absolute atomic E-state index is 0.0149. The van der Waals surface area contributed by atoms with Crippen molar-refractivity contribution in [3.8, 4) is 0 Å². The molecule has 1 aromatic rings. The molecule has 0 aliphatic rings. The van der Waals surface area contributed by atoms with Crippen LogP contribution in [-0.4, -0.2) is 31.4 Å². The first-order valence-corrected chi connectivity index (χ1v) is 6.40. The summed E-state index contributed by atoms with van der Waals surface area (Å²) in [5.74, 6) is -0.0149. The van der Waals surface area contributed by atoms with Crippen LogP contribution in [0.4, 0.5) is 18.9 Å². The van der Waals surface area contributed by atoms with Crippen LogP contribution >= 0.6 is 11.6 Å². The van der Waals surface area contributed by atoms with Crippen molar-refractivity contribution >= 4 is 23.2 Å². The molecule has 0 bridgehead atoms. The first-order valence-electron chi connectivity index (χ1n) is 6.02. The number of hydrogen-bond donors (Lipinski definition) is 1. The van der Waals surface area contributed by atoms with Crippen LogP contribution in [0.3, 0.4) is 0 Å². The Morgan fingerprint density at radius 2 is 2.00 bits per heavy atom. The molecule has 20 heavy (non-hydrogen) atoms. The van der Waals surface area contributed by atoms with Crippen molar-refractivity contribution in [2.75, 3.05) is 26.0 Å². The Bertz CT molecular complexity index is 475. The minimum Gasteiger partial charge on any atom is -0.385 e. The maximum Gasteiger partial charge on any atom is 0.417 e. The standard InChI is InChI=1S/C13H16ClF3N2O/c1-19(2)12(20)4-3-7-18-9-5-6-11(14)10(8-9)13(15,16)17/h5-6,8,18H,3-4,7H2,1-2H3. The van der Waals surface area contributed by atoms with E-state index in [0.29, 0.717) is 25.1 Å². The van der Waals surface area contributed by atoms with Gasteiger partial charge in [0.15, 0.2) is 0 Å². The molecule has 1 rings (SSSR count). The Balaban J connectivity index is 2.55. The van der Waals surface area contributed by atoms with Crippen molar-refractivity contribution in [1.29, 1.82) is 0 Å². The summed E-state index contributed by atoms with van der Waals surface area (Å²) in [4.78, 5) is 12.8. The summed E-state index contributed by atoms with van der Waals surface area (Å²) in [6, 6.07) is 3.65. The fourth-order valence-corrected chi connectivity index (χ4v) is 1.77. The molecule has 3 nitrogen and oxygen atoms in total. The van der Waals surface area contributed by atoms with Gasteiger partial charge in [0.2, 0.25) is 5.91 Å². The summed E-state index contributed by atoms with van der Waals surface area (Å²) >= 11 is 5.52. The number of nitrogens with one attached hydrogen (secondary N) is 1. The molecule has 0 unspecified atom stereocenters. The highest BCUT2D eigenvalue weighted by Gasteiger charge is 2.33. The predicted octanol–water partition coefficient (Wildman–Crippen LogP) is 3.64. The molecule has 1 N–H and O–H groups in total. The zero-order chi connectivity index (χ0) is 15.3. The molecule has 7 heteroatoms. The molecule has 1 aromatic carbocycles. The van der Waals surface area contributed by atoms with E-state index in [2.05, 4.69) is 5.32 Å². The number of anilines is 1. The molecule has 0 heterocycles. The first kappa shape index (κ1) is 16.6. The quantitative estimate of drug-likeness (QED) is 0.842. The topological polar surface area (TPSA) is 32.3 Å². The van der Waals surface area contributed by atoms with Crippen LogP contribution < -0.4 is 5.32 Å². The summed E-state index contributed by atoms with van der Waals surface area (Å²) in [6.45, 7) is 0.415. The highest BCUT2D eigenvalue weighted by atomic mass is 35.5. The molecule has 0 saturated carbocycles. The molecule has 1 amide bonds. The molecule has 0 aliphatic carbocycles. The van der Waals surface area contributed by atoms with E-state index in [1.165, 1.54) is 17.0 Å². The third-order valence-electron chi connectivity index (χ3n) is 2.67. The number of hydrogen-bond acceptors (Lipinski definition) is 2. The van der Waals surface area contributed by atoms with Gasteiger partial charge in [-0.25, -0.2) is 0 Å². The fraction of sp³-hybridized carbons (Fsp3) is 0.462. The van der Waals surface area contributed by atoms with Crippen molar-refractivity contribution < 1.29 is 18.0 Å². The molecule has 112 valence electrons.